The maximum atomic E-state index is 6.39. The van der Waals surface area contributed by atoms with Crippen LogP contribution in [0, 0.1) is 18.1 Å². The van der Waals surface area contributed by atoms with Crippen molar-refractivity contribution in [2.24, 2.45) is 5.92 Å². The number of nitrogens with zero attached hydrogens (tertiary/aromatic N) is 3. The second-order valence-corrected chi connectivity index (χ2v) is 20.6. The summed E-state index contributed by atoms with van der Waals surface area (Å²) >= 11 is 0. The van der Waals surface area contributed by atoms with Gasteiger partial charge >= 0.3 is 0 Å². The molecule has 0 N–H and O–H groups in total. The number of hydrogen-bond acceptors (Lipinski definition) is 4. The molecule has 1 radical (unpaired) electrons. The van der Waals surface area contributed by atoms with Gasteiger partial charge < -0.3 is 18.4 Å². The Hall–Kier alpha value is -5.59. The minimum Gasteiger partial charge on any atom is -0.500 e. The molecule has 10 rings (SSSR count). The number of para-hydroxylation sites is 5. The van der Waals surface area contributed by atoms with E-state index in [2.05, 4.69) is 116 Å². The van der Waals surface area contributed by atoms with Crippen LogP contribution in [0.1, 0.15) is 19.4 Å². The number of benzene rings is 6. The van der Waals surface area contributed by atoms with Gasteiger partial charge in [-0.1, -0.05) is 111 Å². The van der Waals surface area contributed by atoms with Crippen molar-refractivity contribution in [3.63, 3.8) is 0 Å². The number of rotatable bonds is 6. The van der Waals surface area contributed by atoms with E-state index in [4.69, 9.17) is 13.8 Å². The zero-order valence-corrected chi connectivity index (χ0v) is 35.5. The van der Waals surface area contributed by atoms with Gasteiger partial charge in [-0.2, -0.15) is 0 Å². The smallest absolute Gasteiger partial charge is 0.158 e. The van der Waals surface area contributed by atoms with Crippen LogP contribution in [0.2, 0.25) is 19.6 Å². The maximum absolute atomic E-state index is 6.39. The molecular weight excluding hydrogens is 883 g/mol. The van der Waals surface area contributed by atoms with Gasteiger partial charge in [0, 0.05) is 42.5 Å². The number of aromatic nitrogens is 3. The van der Waals surface area contributed by atoms with Crippen LogP contribution in [0.4, 0.5) is 0 Å². The van der Waals surface area contributed by atoms with Crippen molar-refractivity contribution in [3.8, 4) is 28.3 Å². The molecule has 56 heavy (non-hydrogen) atoms. The van der Waals surface area contributed by atoms with E-state index < -0.39 is 8.07 Å². The number of imidazole rings is 1. The molecule has 4 aromatic heterocycles. The van der Waals surface area contributed by atoms with Crippen LogP contribution in [0.5, 0.6) is 0 Å². The zero-order chi connectivity index (χ0) is 37.7. The van der Waals surface area contributed by atoms with Crippen LogP contribution >= 0.6 is 0 Å². The molecule has 0 fully saturated rings. The van der Waals surface area contributed by atoms with Crippen molar-refractivity contribution in [1.29, 1.82) is 0 Å². The number of pyridine rings is 1. The molecule has 0 unspecified atom stereocenters. The van der Waals surface area contributed by atoms with E-state index in [-0.39, 0.29) is 20.1 Å². The zero-order valence-electron chi connectivity index (χ0n) is 32.1. The standard InChI is InChI=1S/C31H17N2O2.C18H24NSi.Ir/c1-6-15-28-20(8-1)22-10-7-13-26(30(22)35-28)33-25-12-4-3-11-24(25)32-31(33)19-16-17-29-23(18-19)21-9-2-5-14-27(21)34-29;1-14(2)11-16-12-17(15-9-7-6-8-10-15)19-13-18(16)20(3,4)5;/h1-15,17-18H;6-9,12-14H,11H2,1-5H3;/q2*-1;. The Balaban J connectivity index is 0.000000181. The Bertz CT molecular complexity index is 2990. The van der Waals surface area contributed by atoms with E-state index in [1.807, 2.05) is 78.9 Å². The minimum atomic E-state index is -1.34. The van der Waals surface area contributed by atoms with Crippen molar-refractivity contribution >= 4 is 68.2 Å². The molecule has 5 nitrogen and oxygen atoms in total. The molecule has 279 valence electrons. The van der Waals surface area contributed by atoms with Crippen molar-refractivity contribution in [2.75, 3.05) is 0 Å². The van der Waals surface area contributed by atoms with Crippen LogP contribution < -0.4 is 5.19 Å². The molecule has 0 spiro atoms. The van der Waals surface area contributed by atoms with Crippen LogP contribution in [0.15, 0.2) is 148 Å². The molecule has 0 atom stereocenters. The topological polar surface area (TPSA) is 57.0 Å². The van der Waals surface area contributed by atoms with Crippen molar-refractivity contribution in [2.45, 2.75) is 39.9 Å². The first-order valence-electron chi connectivity index (χ1n) is 18.9. The molecule has 0 aliphatic carbocycles. The van der Waals surface area contributed by atoms with E-state index >= 15 is 0 Å². The Morgan fingerprint density at radius 2 is 1.38 bits per heavy atom. The summed E-state index contributed by atoms with van der Waals surface area (Å²) in [4.78, 5) is 9.74. The summed E-state index contributed by atoms with van der Waals surface area (Å²) in [5, 5.41) is 5.82. The quantitative estimate of drug-likeness (QED) is 0.123. The van der Waals surface area contributed by atoms with Crippen LogP contribution in [0.25, 0.3) is 83.2 Å². The van der Waals surface area contributed by atoms with Crippen molar-refractivity contribution in [1.82, 2.24) is 14.5 Å². The monoisotopic (exact) mass is 924 g/mol. The Kier molecular flexibility index (Phi) is 10.1. The van der Waals surface area contributed by atoms with Crippen LogP contribution in [0.3, 0.4) is 0 Å². The normalized spacial score (nSPS) is 11.8. The van der Waals surface area contributed by atoms with Crippen molar-refractivity contribution < 1.29 is 28.9 Å². The average Bonchev–Trinajstić information content (AvgIpc) is 3.89. The summed E-state index contributed by atoms with van der Waals surface area (Å²) in [5.74, 6) is 1.48. The molecule has 0 saturated heterocycles. The predicted octanol–water partition coefficient (Wildman–Crippen LogP) is 12.6. The molecule has 0 bridgehead atoms. The van der Waals surface area contributed by atoms with Gasteiger partial charge in [-0.25, -0.2) is 0 Å². The van der Waals surface area contributed by atoms with Gasteiger partial charge in [0.1, 0.15) is 11.2 Å². The van der Waals surface area contributed by atoms with E-state index in [1.54, 1.807) is 0 Å². The Morgan fingerprint density at radius 1 is 0.679 bits per heavy atom. The summed E-state index contributed by atoms with van der Waals surface area (Å²) in [5.41, 5.74) is 10.8. The summed E-state index contributed by atoms with van der Waals surface area (Å²) in [6.07, 6.45) is 3.24. The third-order valence-corrected chi connectivity index (χ3v) is 12.2. The van der Waals surface area contributed by atoms with Gasteiger partial charge in [-0.3, -0.25) is 4.98 Å². The molecule has 0 aliphatic rings. The fraction of sp³-hybridized carbons (Fsp3) is 0.143. The summed E-state index contributed by atoms with van der Waals surface area (Å²) in [6.45, 7) is 11.7. The first-order chi connectivity index (χ1) is 26.7. The van der Waals surface area contributed by atoms with Gasteiger partial charge in [0.2, 0.25) is 0 Å². The molecule has 0 amide bonds. The van der Waals surface area contributed by atoms with Gasteiger partial charge in [0.05, 0.1) is 36.2 Å². The second kappa shape index (κ2) is 15.2. The molecule has 7 heteroatoms. The Morgan fingerprint density at radius 3 is 2.12 bits per heavy atom. The van der Waals surface area contributed by atoms with E-state index in [0.717, 1.165) is 89.7 Å². The van der Waals surface area contributed by atoms with E-state index in [1.165, 1.54) is 10.8 Å². The largest absolute Gasteiger partial charge is 0.500 e. The number of fused-ring (bicyclic) bond motifs is 7. The average molecular weight is 924 g/mol. The maximum Gasteiger partial charge on any atom is 0.158 e. The predicted molar refractivity (Wildman–Crippen MR) is 230 cm³/mol. The van der Waals surface area contributed by atoms with Gasteiger partial charge in [0.25, 0.3) is 0 Å². The fourth-order valence-corrected chi connectivity index (χ4v) is 9.23. The molecule has 10 aromatic rings. The third-order valence-electron chi connectivity index (χ3n) is 10.1. The summed E-state index contributed by atoms with van der Waals surface area (Å²) in [7, 11) is -1.34. The fourth-order valence-electron chi connectivity index (χ4n) is 7.64. The third kappa shape index (κ3) is 6.92. The molecular formula is C49H41IrN3O2Si-2. The van der Waals surface area contributed by atoms with Crippen molar-refractivity contribution in [3.05, 3.63) is 157 Å². The SMILES string of the molecule is CC(C)Cc1cc(-c2[c-]cccc2)ncc1[Si](C)(C)C.[Ir].[c-]1cc2oc3ccccc3c2cc1-c1nc2ccccc2n1-c1cccc2c1oc1ccccc12. The number of hydrogen-bond donors (Lipinski definition) is 0. The minimum absolute atomic E-state index is 0. The Labute approximate surface area is 341 Å². The van der Waals surface area contributed by atoms with E-state index in [0.29, 0.717) is 5.92 Å². The first kappa shape index (κ1) is 37.3. The summed E-state index contributed by atoms with van der Waals surface area (Å²) in [6, 6.07) is 51.8. The first-order valence-corrected chi connectivity index (χ1v) is 22.4. The van der Waals surface area contributed by atoms with Gasteiger partial charge in [-0.05, 0) is 53.6 Å². The molecule has 4 heterocycles. The van der Waals surface area contributed by atoms with Crippen LogP contribution in [-0.4, -0.2) is 22.6 Å². The molecule has 0 aliphatic heterocycles. The molecule has 0 saturated carbocycles. The van der Waals surface area contributed by atoms with Crippen LogP contribution in [-0.2, 0) is 26.5 Å². The number of furan rings is 2. The van der Waals surface area contributed by atoms with Gasteiger partial charge in [0.15, 0.2) is 5.58 Å². The van der Waals surface area contributed by atoms with E-state index in [9.17, 15) is 0 Å². The van der Waals surface area contributed by atoms with Gasteiger partial charge in [-0.15, -0.1) is 59.7 Å². The molecule has 6 aromatic carbocycles. The second-order valence-electron chi connectivity index (χ2n) is 15.6. The summed E-state index contributed by atoms with van der Waals surface area (Å²) < 4.78 is 14.6.